The lowest BCUT2D eigenvalue weighted by Gasteiger charge is -2.12. The third-order valence-corrected chi connectivity index (χ3v) is 3.20. The van der Waals surface area contributed by atoms with Crippen LogP contribution in [0, 0.1) is 5.92 Å². The van der Waals surface area contributed by atoms with E-state index in [1.165, 1.54) is 0 Å². The van der Waals surface area contributed by atoms with Crippen molar-refractivity contribution in [2.45, 2.75) is 38.6 Å². The van der Waals surface area contributed by atoms with Gasteiger partial charge in [0, 0.05) is 18.3 Å². The van der Waals surface area contributed by atoms with Gasteiger partial charge in [-0.2, -0.15) is 4.98 Å². The summed E-state index contributed by atoms with van der Waals surface area (Å²) in [6.07, 6.45) is 4.73. The standard InChI is InChI=1S/C13H19N3O3/c1-2-7-19-11-5-6-14-13(16-11)15-10-4-3-9(8-10)12(17)18/h5-6,9-10H,2-4,7-8H2,1H3,(H,17,18)(H,14,15,16)/t9-,10+/m1/s1. The first kappa shape index (κ1) is 13.6. The summed E-state index contributed by atoms with van der Waals surface area (Å²) in [5, 5.41) is 12.1. The van der Waals surface area contributed by atoms with E-state index >= 15 is 0 Å². The number of carbonyl (C=O) groups is 1. The van der Waals surface area contributed by atoms with E-state index in [9.17, 15) is 4.79 Å². The summed E-state index contributed by atoms with van der Waals surface area (Å²) < 4.78 is 5.43. The van der Waals surface area contributed by atoms with Crippen LogP contribution in [0.2, 0.25) is 0 Å². The topological polar surface area (TPSA) is 84.3 Å². The van der Waals surface area contributed by atoms with Gasteiger partial charge < -0.3 is 15.2 Å². The molecule has 104 valence electrons. The zero-order chi connectivity index (χ0) is 13.7. The maximum absolute atomic E-state index is 10.9. The number of aromatic nitrogens is 2. The molecular weight excluding hydrogens is 246 g/mol. The van der Waals surface area contributed by atoms with E-state index in [0.717, 1.165) is 12.8 Å². The van der Waals surface area contributed by atoms with Crippen molar-refractivity contribution in [3.05, 3.63) is 12.3 Å². The van der Waals surface area contributed by atoms with E-state index in [-0.39, 0.29) is 12.0 Å². The predicted octanol–water partition coefficient (Wildman–Crippen LogP) is 1.93. The molecule has 6 heteroatoms. The summed E-state index contributed by atoms with van der Waals surface area (Å²) in [7, 11) is 0. The van der Waals surface area contributed by atoms with Crippen LogP contribution in [0.4, 0.5) is 5.95 Å². The minimum atomic E-state index is -0.717. The zero-order valence-corrected chi connectivity index (χ0v) is 11.0. The van der Waals surface area contributed by atoms with Crippen molar-refractivity contribution in [3.8, 4) is 5.88 Å². The molecule has 1 aliphatic carbocycles. The Labute approximate surface area is 112 Å². The minimum absolute atomic E-state index is 0.127. The van der Waals surface area contributed by atoms with Crippen molar-refractivity contribution in [1.29, 1.82) is 0 Å². The fourth-order valence-electron chi connectivity index (χ4n) is 2.22. The Hall–Kier alpha value is -1.85. The highest BCUT2D eigenvalue weighted by molar-refractivity contribution is 5.70. The van der Waals surface area contributed by atoms with Crippen molar-refractivity contribution in [2.24, 2.45) is 5.92 Å². The number of carboxylic acids is 1. The Morgan fingerprint density at radius 1 is 1.58 bits per heavy atom. The molecule has 0 spiro atoms. The van der Waals surface area contributed by atoms with E-state index in [4.69, 9.17) is 9.84 Å². The summed E-state index contributed by atoms with van der Waals surface area (Å²) in [4.78, 5) is 19.3. The Balaban J connectivity index is 1.90. The fourth-order valence-corrected chi connectivity index (χ4v) is 2.22. The molecule has 2 atom stereocenters. The molecule has 6 nitrogen and oxygen atoms in total. The summed E-state index contributed by atoms with van der Waals surface area (Å²) >= 11 is 0. The number of aliphatic carboxylic acids is 1. The van der Waals surface area contributed by atoms with Gasteiger partial charge in [-0.25, -0.2) is 4.98 Å². The number of nitrogens with one attached hydrogen (secondary N) is 1. The third kappa shape index (κ3) is 3.81. The molecular formula is C13H19N3O3. The number of ether oxygens (including phenoxy) is 1. The largest absolute Gasteiger partial charge is 0.481 e. The first-order valence-corrected chi connectivity index (χ1v) is 6.64. The van der Waals surface area contributed by atoms with Gasteiger partial charge >= 0.3 is 5.97 Å². The Kier molecular flexibility index (Phi) is 4.54. The zero-order valence-electron chi connectivity index (χ0n) is 11.0. The maximum Gasteiger partial charge on any atom is 0.306 e. The van der Waals surface area contributed by atoms with Crippen molar-refractivity contribution in [3.63, 3.8) is 0 Å². The highest BCUT2D eigenvalue weighted by atomic mass is 16.5. The van der Waals surface area contributed by atoms with Gasteiger partial charge in [-0.05, 0) is 25.7 Å². The molecule has 0 saturated heterocycles. The van der Waals surface area contributed by atoms with Gasteiger partial charge in [0.1, 0.15) is 0 Å². The molecule has 0 radical (unpaired) electrons. The van der Waals surface area contributed by atoms with Crippen LogP contribution >= 0.6 is 0 Å². The Bertz CT molecular complexity index is 439. The van der Waals surface area contributed by atoms with Crippen LogP contribution in [-0.2, 0) is 4.79 Å². The van der Waals surface area contributed by atoms with E-state index in [2.05, 4.69) is 15.3 Å². The fraction of sp³-hybridized carbons (Fsp3) is 0.615. The van der Waals surface area contributed by atoms with Crippen molar-refractivity contribution in [2.75, 3.05) is 11.9 Å². The Morgan fingerprint density at radius 3 is 3.11 bits per heavy atom. The monoisotopic (exact) mass is 265 g/mol. The third-order valence-electron chi connectivity index (χ3n) is 3.20. The molecule has 0 amide bonds. The molecule has 2 N–H and O–H groups in total. The second-order valence-electron chi connectivity index (χ2n) is 4.76. The molecule has 0 bridgehead atoms. The van der Waals surface area contributed by atoms with Crippen LogP contribution in [0.5, 0.6) is 5.88 Å². The number of rotatable bonds is 6. The Morgan fingerprint density at radius 2 is 2.42 bits per heavy atom. The lowest BCUT2D eigenvalue weighted by Crippen LogP contribution is -2.19. The SMILES string of the molecule is CCCOc1ccnc(N[C@H]2CC[C@@H](C(=O)O)C2)n1. The number of hydrogen-bond acceptors (Lipinski definition) is 5. The van der Waals surface area contributed by atoms with E-state index < -0.39 is 5.97 Å². The van der Waals surface area contributed by atoms with Crippen LogP contribution in [0.1, 0.15) is 32.6 Å². The molecule has 19 heavy (non-hydrogen) atoms. The predicted molar refractivity (Wildman–Crippen MR) is 70.2 cm³/mol. The molecule has 1 aromatic rings. The lowest BCUT2D eigenvalue weighted by atomic mass is 10.1. The molecule has 0 aromatic carbocycles. The average Bonchev–Trinajstić information content (AvgIpc) is 2.85. The van der Waals surface area contributed by atoms with E-state index in [1.54, 1.807) is 12.3 Å². The normalized spacial score (nSPS) is 22.2. The smallest absolute Gasteiger partial charge is 0.306 e. The van der Waals surface area contributed by atoms with Crippen molar-refractivity contribution in [1.82, 2.24) is 9.97 Å². The lowest BCUT2D eigenvalue weighted by molar-refractivity contribution is -0.141. The van der Waals surface area contributed by atoms with Crippen LogP contribution in [0.3, 0.4) is 0 Å². The van der Waals surface area contributed by atoms with Gasteiger partial charge in [-0.3, -0.25) is 4.79 Å². The second-order valence-corrected chi connectivity index (χ2v) is 4.76. The second kappa shape index (κ2) is 6.36. The van der Waals surface area contributed by atoms with Gasteiger partial charge in [0.05, 0.1) is 12.5 Å². The number of hydrogen-bond donors (Lipinski definition) is 2. The van der Waals surface area contributed by atoms with Gasteiger partial charge in [-0.1, -0.05) is 6.92 Å². The molecule has 1 aliphatic rings. The number of nitrogens with zero attached hydrogens (tertiary/aromatic N) is 2. The molecule has 0 unspecified atom stereocenters. The van der Waals surface area contributed by atoms with Crippen LogP contribution < -0.4 is 10.1 Å². The van der Waals surface area contributed by atoms with Gasteiger partial charge in [0.2, 0.25) is 11.8 Å². The summed E-state index contributed by atoms with van der Waals surface area (Å²) in [5.41, 5.74) is 0. The maximum atomic E-state index is 10.9. The molecule has 1 aromatic heterocycles. The summed E-state index contributed by atoms with van der Waals surface area (Å²) in [5.74, 6) is 0.0824. The molecule has 1 heterocycles. The van der Waals surface area contributed by atoms with Crippen LogP contribution in [-0.4, -0.2) is 33.7 Å². The molecule has 1 fully saturated rings. The van der Waals surface area contributed by atoms with Crippen LogP contribution in [0.15, 0.2) is 12.3 Å². The first-order valence-electron chi connectivity index (χ1n) is 6.64. The van der Waals surface area contributed by atoms with E-state index in [1.807, 2.05) is 6.92 Å². The molecule has 1 saturated carbocycles. The molecule has 0 aliphatic heterocycles. The first-order chi connectivity index (χ1) is 9.19. The highest BCUT2D eigenvalue weighted by Gasteiger charge is 2.29. The molecule has 2 rings (SSSR count). The number of carboxylic acid groups (broad SMARTS) is 1. The quantitative estimate of drug-likeness (QED) is 0.817. The summed E-state index contributed by atoms with van der Waals surface area (Å²) in [6, 6.07) is 1.85. The average molecular weight is 265 g/mol. The van der Waals surface area contributed by atoms with Gasteiger partial charge in [-0.15, -0.1) is 0 Å². The van der Waals surface area contributed by atoms with Crippen molar-refractivity contribution < 1.29 is 14.6 Å². The van der Waals surface area contributed by atoms with Gasteiger partial charge in [0.25, 0.3) is 0 Å². The number of anilines is 1. The summed E-state index contributed by atoms with van der Waals surface area (Å²) in [6.45, 7) is 2.66. The van der Waals surface area contributed by atoms with E-state index in [0.29, 0.717) is 31.3 Å². The highest BCUT2D eigenvalue weighted by Crippen LogP contribution is 2.27. The van der Waals surface area contributed by atoms with Crippen LogP contribution in [0.25, 0.3) is 0 Å². The van der Waals surface area contributed by atoms with Gasteiger partial charge in [0.15, 0.2) is 0 Å². The minimum Gasteiger partial charge on any atom is -0.481 e. The van der Waals surface area contributed by atoms with Crippen molar-refractivity contribution >= 4 is 11.9 Å².